The van der Waals surface area contributed by atoms with E-state index in [2.05, 4.69) is 50.1 Å². The second-order valence-electron chi connectivity index (χ2n) is 7.37. The minimum Gasteiger partial charge on any atom is -0.379 e. The van der Waals surface area contributed by atoms with Gasteiger partial charge in [0.2, 0.25) is 0 Å². The van der Waals surface area contributed by atoms with Gasteiger partial charge in [0.1, 0.15) is 5.76 Å². The van der Waals surface area contributed by atoms with Gasteiger partial charge in [-0.25, -0.2) is 0 Å². The minimum atomic E-state index is 0.802. The number of amidine groups is 1. The normalized spacial score (nSPS) is 19.4. The van der Waals surface area contributed by atoms with E-state index < -0.39 is 0 Å². The molecule has 1 fully saturated rings. The largest absolute Gasteiger partial charge is 0.379 e. The Kier molecular flexibility index (Phi) is 6.37. The molecule has 29 heavy (non-hydrogen) atoms. The van der Waals surface area contributed by atoms with Crippen molar-refractivity contribution in [2.75, 3.05) is 45.1 Å². The Bertz CT molecular complexity index is 910. The first-order valence-electron chi connectivity index (χ1n) is 10.0. The monoisotopic (exact) mass is 416 g/mol. The van der Waals surface area contributed by atoms with Crippen LogP contribution < -0.4 is 5.43 Å². The second-order valence-corrected chi connectivity index (χ2v) is 8.33. The Balaban J connectivity index is 1.36. The quantitative estimate of drug-likeness (QED) is 0.729. The summed E-state index contributed by atoms with van der Waals surface area (Å²) in [6.45, 7) is 11.7. The molecular weight excluding hydrogens is 388 g/mol. The Morgan fingerprint density at radius 1 is 1.21 bits per heavy atom. The standard InChI is InChI=1S/C20H28N6O2S/c1-14-11-17(16(3)26(14)19-12-15(2)28-24-19)18-13-29-20(23-22-18)21-5-4-6-25-7-9-27-10-8-25/h11-12H,4-10,13H2,1-3H3,(H,21,23). The number of morpholine rings is 1. The first kappa shape index (κ1) is 20.2. The molecule has 0 aromatic carbocycles. The zero-order valence-electron chi connectivity index (χ0n) is 17.3. The first-order valence-corrected chi connectivity index (χ1v) is 11.0. The zero-order valence-corrected chi connectivity index (χ0v) is 18.1. The van der Waals surface area contributed by atoms with E-state index in [1.165, 1.54) is 0 Å². The van der Waals surface area contributed by atoms with E-state index in [1.54, 1.807) is 11.8 Å². The van der Waals surface area contributed by atoms with Crippen LogP contribution >= 0.6 is 11.8 Å². The molecule has 4 heterocycles. The van der Waals surface area contributed by atoms with Crippen molar-refractivity contribution in [3.8, 4) is 5.82 Å². The summed E-state index contributed by atoms with van der Waals surface area (Å²) in [5.74, 6) is 2.41. The summed E-state index contributed by atoms with van der Waals surface area (Å²) < 4.78 is 12.7. The third-order valence-electron chi connectivity index (χ3n) is 5.21. The van der Waals surface area contributed by atoms with Crippen LogP contribution in [0.3, 0.4) is 0 Å². The molecule has 2 aliphatic rings. The lowest BCUT2D eigenvalue weighted by atomic mass is 10.1. The third-order valence-corrected chi connectivity index (χ3v) is 6.12. The number of hydrogen-bond acceptors (Lipinski definition) is 7. The van der Waals surface area contributed by atoms with Gasteiger partial charge in [-0.1, -0.05) is 16.9 Å². The lowest BCUT2D eigenvalue weighted by molar-refractivity contribution is 0.0377. The molecule has 0 aliphatic carbocycles. The van der Waals surface area contributed by atoms with Crippen molar-refractivity contribution >= 4 is 22.6 Å². The number of aromatic nitrogens is 2. The molecule has 1 N–H and O–H groups in total. The molecule has 0 saturated carbocycles. The summed E-state index contributed by atoms with van der Waals surface area (Å²) in [6, 6.07) is 4.10. The van der Waals surface area contributed by atoms with Gasteiger partial charge >= 0.3 is 0 Å². The molecule has 2 aromatic rings. The van der Waals surface area contributed by atoms with Gasteiger partial charge in [0.05, 0.1) is 18.9 Å². The minimum absolute atomic E-state index is 0.802. The number of ether oxygens (including phenoxy) is 1. The molecule has 8 nitrogen and oxygen atoms in total. The highest BCUT2D eigenvalue weighted by Crippen LogP contribution is 2.23. The van der Waals surface area contributed by atoms with Gasteiger partial charge in [0.25, 0.3) is 0 Å². The van der Waals surface area contributed by atoms with Gasteiger partial charge in [-0.3, -0.25) is 19.9 Å². The van der Waals surface area contributed by atoms with Crippen LogP contribution in [0, 0.1) is 20.8 Å². The number of nitrogens with zero attached hydrogens (tertiary/aromatic N) is 5. The maximum absolute atomic E-state index is 5.38. The SMILES string of the molecule is Cc1cc(-n2c(C)cc(C3=NNC(=NCCCN4CCOCC4)SC3)c2C)no1. The van der Waals surface area contributed by atoms with E-state index in [0.717, 1.165) is 91.0 Å². The Morgan fingerprint density at radius 2 is 2.03 bits per heavy atom. The Labute approximate surface area is 175 Å². The van der Waals surface area contributed by atoms with Crippen molar-refractivity contribution in [1.82, 2.24) is 20.0 Å². The van der Waals surface area contributed by atoms with Crippen LogP contribution in [0.25, 0.3) is 5.82 Å². The zero-order chi connectivity index (χ0) is 20.2. The fraction of sp³-hybridized carbons (Fsp3) is 0.550. The molecule has 156 valence electrons. The van der Waals surface area contributed by atoms with Gasteiger partial charge in [0.15, 0.2) is 11.0 Å². The third kappa shape index (κ3) is 4.73. The van der Waals surface area contributed by atoms with Crippen LogP contribution in [0.5, 0.6) is 0 Å². The predicted molar refractivity (Wildman–Crippen MR) is 116 cm³/mol. The fourth-order valence-corrected chi connectivity index (χ4v) is 4.49. The highest BCUT2D eigenvalue weighted by molar-refractivity contribution is 8.14. The molecule has 9 heteroatoms. The van der Waals surface area contributed by atoms with Crippen LogP contribution in [0.2, 0.25) is 0 Å². The summed E-state index contributed by atoms with van der Waals surface area (Å²) in [6.07, 6.45) is 1.06. The summed E-state index contributed by atoms with van der Waals surface area (Å²) in [5.41, 5.74) is 7.52. The molecule has 0 radical (unpaired) electrons. The molecule has 1 saturated heterocycles. The number of rotatable bonds is 6. The predicted octanol–water partition coefficient (Wildman–Crippen LogP) is 2.51. The smallest absolute Gasteiger partial charge is 0.180 e. The average molecular weight is 417 g/mol. The van der Waals surface area contributed by atoms with Crippen LogP contribution in [0.1, 0.15) is 29.1 Å². The summed E-state index contributed by atoms with van der Waals surface area (Å²) in [5, 5.41) is 9.65. The highest BCUT2D eigenvalue weighted by atomic mass is 32.2. The van der Waals surface area contributed by atoms with E-state index in [-0.39, 0.29) is 0 Å². The molecule has 0 amide bonds. The van der Waals surface area contributed by atoms with E-state index in [0.29, 0.717) is 0 Å². The number of thioether (sulfide) groups is 1. The summed E-state index contributed by atoms with van der Waals surface area (Å²) >= 11 is 1.71. The van der Waals surface area contributed by atoms with Crippen molar-refractivity contribution in [2.24, 2.45) is 10.1 Å². The topological polar surface area (TPSA) is 80.2 Å². The molecule has 0 spiro atoms. The molecule has 2 aliphatic heterocycles. The van der Waals surface area contributed by atoms with Gasteiger partial charge < -0.3 is 9.26 Å². The molecule has 0 unspecified atom stereocenters. The number of nitrogens with one attached hydrogen (secondary N) is 1. The second kappa shape index (κ2) is 9.15. The van der Waals surface area contributed by atoms with Crippen molar-refractivity contribution in [1.29, 1.82) is 0 Å². The van der Waals surface area contributed by atoms with E-state index in [1.807, 2.05) is 13.0 Å². The van der Waals surface area contributed by atoms with Crippen molar-refractivity contribution < 1.29 is 9.26 Å². The average Bonchev–Trinajstić information content (AvgIpc) is 3.28. The van der Waals surface area contributed by atoms with Gasteiger partial charge in [0, 0.05) is 54.9 Å². The van der Waals surface area contributed by atoms with Gasteiger partial charge in [-0.05, 0) is 33.3 Å². The van der Waals surface area contributed by atoms with Crippen LogP contribution in [-0.2, 0) is 4.74 Å². The van der Waals surface area contributed by atoms with Crippen molar-refractivity contribution in [3.63, 3.8) is 0 Å². The molecule has 4 rings (SSSR count). The highest BCUT2D eigenvalue weighted by Gasteiger charge is 2.20. The van der Waals surface area contributed by atoms with Crippen molar-refractivity contribution in [2.45, 2.75) is 27.2 Å². The molecular formula is C20H28N6O2S. The van der Waals surface area contributed by atoms with Crippen LogP contribution in [-0.4, -0.2) is 70.6 Å². The van der Waals surface area contributed by atoms with E-state index >= 15 is 0 Å². The maximum atomic E-state index is 5.38. The summed E-state index contributed by atoms with van der Waals surface area (Å²) in [7, 11) is 0. The number of aliphatic imine (C=N–C) groups is 1. The number of aryl methyl sites for hydroxylation is 2. The molecule has 0 bridgehead atoms. The Morgan fingerprint density at radius 3 is 2.72 bits per heavy atom. The molecule has 0 atom stereocenters. The lowest BCUT2D eigenvalue weighted by Gasteiger charge is -2.26. The number of hydrazone groups is 1. The van der Waals surface area contributed by atoms with Crippen LogP contribution in [0.4, 0.5) is 0 Å². The van der Waals surface area contributed by atoms with Crippen molar-refractivity contribution in [3.05, 3.63) is 34.8 Å². The van der Waals surface area contributed by atoms with Gasteiger partial charge in [-0.2, -0.15) is 5.10 Å². The van der Waals surface area contributed by atoms with E-state index in [9.17, 15) is 0 Å². The first-order chi connectivity index (χ1) is 14.1. The fourth-order valence-electron chi connectivity index (χ4n) is 3.70. The lowest BCUT2D eigenvalue weighted by Crippen LogP contribution is -2.37. The van der Waals surface area contributed by atoms with Gasteiger partial charge in [-0.15, -0.1) is 0 Å². The number of hydrogen-bond donors (Lipinski definition) is 1. The Hall–Kier alpha value is -2.10. The van der Waals surface area contributed by atoms with E-state index in [4.69, 9.17) is 9.26 Å². The summed E-state index contributed by atoms with van der Waals surface area (Å²) in [4.78, 5) is 7.11. The maximum Gasteiger partial charge on any atom is 0.180 e. The molecule has 2 aromatic heterocycles. The van der Waals surface area contributed by atoms with Crippen LogP contribution in [0.15, 0.2) is 26.7 Å².